The molecule has 6 heteroatoms. The summed E-state index contributed by atoms with van der Waals surface area (Å²) < 4.78 is 25.2. The molecule has 19 heavy (non-hydrogen) atoms. The van der Waals surface area contributed by atoms with Crippen LogP contribution in [-0.4, -0.2) is 31.8 Å². The molecule has 0 atom stereocenters. The summed E-state index contributed by atoms with van der Waals surface area (Å²) >= 11 is 0. The van der Waals surface area contributed by atoms with Crippen molar-refractivity contribution in [1.82, 2.24) is 9.29 Å². The zero-order chi connectivity index (χ0) is 14.0. The second kappa shape index (κ2) is 4.99. The normalized spacial score (nSPS) is 11.7. The van der Waals surface area contributed by atoms with E-state index in [2.05, 4.69) is 4.98 Å². The second-order valence-corrected chi connectivity index (χ2v) is 6.41. The standard InChI is InChI=1S/C13H14N2O3S/c1-15(2)19(17,18)12-5-3-4-10(8-12)11-6-7-13(16)14-9-11/h3-9H,1-2H3,(H,14,16). The Morgan fingerprint density at radius 3 is 2.37 bits per heavy atom. The molecule has 0 aliphatic rings. The van der Waals surface area contributed by atoms with E-state index >= 15 is 0 Å². The first-order valence-corrected chi connectivity index (χ1v) is 7.07. The Bertz CT molecular complexity index is 728. The molecule has 0 bridgehead atoms. The van der Waals surface area contributed by atoms with Crippen LogP contribution in [0.3, 0.4) is 0 Å². The number of aromatic nitrogens is 1. The Hall–Kier alpha value is -1.92. The van der Waals surface area contributed by atoms with Crippen molar-refractivity contribution in [2.24, 2.45) is 0 Å². The lowest BCUT2D eigenvalue weighted by Gasteiger charge is -2.12. The zero-order valence-corrected chi connectivity index (χ0v) is 11.4. The molecule has 0 amide bonds. The molecule has 0 radical (unpaired) electrons. The van der Waals surface area contributed by atoms with Crippen LogP contribution in [0, 0.1) is 0 Å². The second-order valence-electron chi connectivity index (χ2n) is 4.26. The minimum atomic E-state index is -3.45. The molecule has 0 aliphatic carbocycles. The maximum atomic E-state index is 12.0. The molecule has 0 saturated carbocycles. The topological polar surface area (TPSA) is 70.2 Å². The van der Waals surface area contributed by atoms with E-state index in [0.717, 1.165) is 11.1 Å². The Labute approximate surface area is 111 Å². The number of nitrogens with zero attached hydrogens (tertiary/aromatic N) is 1. The number of aromatic amines is 1. The molecule has 1 aromatic carbocycles. The highest BCUT2D eigenvalue weighted by Gasteiger charge is 2.17. The summed E-state index contributed by atoms with van der Waals surface area (Å²) in [4.78, 5) is 13.8. The fourth-order valence-electron chi connectivity index (χ4n) is 1.64. The Morgan fingerprint density at radius 2 is 1.79 bits per heavy atom. The predicted molar refractivity (Wildman–Crippen MR) is 73.4 cm³/mol. The van der Waals surface area contributed by atoms with Gasteiger partial charge in [-0.2, -0.15) is 0 Å². The molecule has 1 N–H and O–H groups in total. The first-order valence-electron chi connectivity index (χ1n) is 5.63. The zero-order valence-electron chi connectivity index (χ0n) is 10.6. The van der Waals surface area contributed by atoms with Gasteiger partial charge in [-0.1, -0.05) is 12.1 Å². The number of hydrogen-bond acceptors (Lipinski definition) is 3. The molecular formula is C13H14N2O3S. The highest BCUT2D eigenvalue weighted by molar-refractivity contribution is 7.89. The van der Waals surface area contributed by atoms with Gasteiger partial charge in [0.1, 0.15) is 0 Å². The van der Waals surface area contributed by atoms with Gasteiger partial charge in [-0.3, -0.25) is 4.79 Å². The average molecular weight is 278 g/mol. The quantitative estimate of drug-likeness (QED) is 0.919. The number of rotatable bonds is 3. The summed E-state index contributed by atoms with van der Waals surface area (Å²) in [6.45, 7) is 0. The summed E-state index contributed by atoms with van der Waals surface area (Å²) in [7, 11) is -0.478. The van der Waals surface area contributed by atoms with Crippen molar-refractivity contribution in [1.29, 1.82) is 0 Å². The van der Waals surface area contributed by atoms with Crippen LogP contribution in [0.4, 0.5) is 0 Å². The third-order valence-corrected chi connectivity index (χ3v) is 4.54. The molecule has 1 heterocycles. The van der Waals surface area contributed by atoms with E-state index in [1.807, 2.05) is 0 Å². The lowest BCUT2D eigenvalue weighted by atomic mass is 10.1. The Kier molecular flexibility index (Phi) is 3.55. The highest BCUT2D eigenvalue weighted by atomic mass is 32.2. The molecule has 2 aromatic rings. The van der Waals surface area contributed by atoms with E-state index in [0.29, 0.717) is 0 Å². The van der Waals surface area contributed by atoms with Gasteiger partial charge in [-0.25, -0.2) is 12.7 Å². The smallest absolute Gasteiger partial charge is 0.247 e. The average Bonchev–Trinajstić information content (AvgIpc) is 2.39. The molecular weight excluding hydrogens is 264 g/mol. The number of sulfonamides is 1. The largest absolute Gasteiger partial charge is 0.328 e. The van der Waals surface area contributed by atoms with Crippen LogP contribution in [0.1, 0.15) is 0 Å². The van der Waals surface area contributed by atoms with E-state index in [1.165, 1.54) is 24.5 Å². The molecule has 0 saturated heterocycles. The summed E-state index contributed by atoms with van der Waals surface area (Å²) in [5.74, 6) is 0. The van der Waals surface area contributed by atoms with E-state index in [1.54, 1.807) is 36.5 Å². The molecule has 100 valence electrons. The van der Waals surface area contributed by atoms with Crippen molar-refractivity contribution in [3.05, 3.63) is 52.9 Å². The van der Waals surface area contributed by atoms with Crippen LogP contribution in [-0.2, 0) is 10.0 Å². The van der Waals surface area contributed by atoms with Crippen molar-refractivity contribution in [3.8, 4) is 11.1 Å². The summed E-state index contributed by atoms with van der Waals surface area (Å²) in [6.07, 6.45) is 1.56. The van der Waals surface area contributed by atoms with E-state index in [9.17, 15) is 13.2 Å². The number of hydrogen-bond donors (Lipinski definition) is 1. The van der Waals surface area contributed by atoms with Gasteiger partial charge < -0.3 is 4.98 Å². The van der Waals surface area contributed by atoms with E-state index in [4.69, 9.17) is 0 Å². The van der Waals surface area contributed by atoms with Crippen molar-refractivity contribution in [3.63, 3.8) is 0 Å². The number of H-pyrrole nitrogens is 1. The Morgan fingerprint density at radius 1 is 1.05 bits per heavy atom. The summed E-state index contributed by atoms with van der Waals surface area (Å²) in [5.41, 5.74) is 1.30. The lowest BCUT2D eigenvalue weighted by Crippen LogP contribution is -2.22. The summed E-state index contributed by atoms with van der Waals surface area (Å²) in [5, 5.41) is 0. The first kappa shape index (κ1) is 13.5. The molecule has 0 unspecified atom stereocenters. The maximum Gasteiger partial charge on any atom is 0.247 e. The van der Waals surface area contributed by atoms with Gasteiger partial charge in [-0.05, 0) is 29.3 Å². The van der Waals surface area contributed by atoms with Crippen molar-refractivity contribution >= 4 is 10.0 Å². The van der Waals surface area contributed by atoms with Gasteiger partial charge in [0, 0.05) is 26.4 Å². The molecule has 1 aromatic heterocycles. The number of pyridine rings is 1. The first-order chi connectivity index (χ1) is 8.91. The van der Waals surface area contributed by atoms with E-state index in [-0.39, 0.29) is 10.5 Å². The highest BCUT2D eigenvalue weighted by Crippen LogP contribution is 2.22. The van der Waals surface area contributed by atoms with Crippen molar-refractivity contribution < 1.29 is 8.42 Å². The lowest BCUT2D eigenvalue weighted by molar-refractivity contribution is 0.521. The summed E-state index contributed by atoms with van der Waals surface area (Å²) in [6, 6.07) is 9.66. The molecule has 0 fully saturated rings. The van der Waals surface area contributed by atoms with Crippen LogP contribution in [0.25, 0.3) is 11.1 Å². The van der Waals surface area contributed by atoms with Crippen LogP contribution in [0.5, 0.6) is 0 Å². The van der Waals surface area contributed by atoms with Gasteiger partial charge in [0.05, 0.1) is 4.90 Å². The minimum absolute atomic E-state index is 0.194. The third kappa shape index (κ3) is 2.74. The molecule has 0 spiro atoms. The van der Waals surface area contributed by atoms with Gasteiger partial charge in [0.15, 0.2) is 0 Å². The maximum absolute atomic E-state index is 12.0. The van der Waals surface area contributed by atoms with Crippen LogP contribution < -0.4 is 5.56 Å². The van der Waals surface area contributed by atoms with Crippen LogP contribution >= 0.6 is 0 Å². The molecule has 5 nitrogen and oxygen atoms in total. The monoisotopic (exact) mass is 278 g/mol. The molecule has 2 rings (SSSR count). The number of benzene rings is 1. The molecule has 0 aliphatic heterocycles. The fourth-order valence-corrected chi connectivity index (χ4v) is 2.59. The van der Waals surface area contributed by atoms with Crippen LogP contribution in [0.15, 0.2) is 52.3 Å². The van der Waals surface area contributed by atoms with Gasteiger partial charge in [-0.15, -0.1) is 0 Å². The minimum Gasteiger partial charge on any atom is -0.328 e. The number of nitrogens with one attached hydrogen (secondary N) is 1. The van der Waals surface area contributed by atoms with Gasteiger partial charge in [0.2, 0.25) is 15.6 Å². The predicted octanol–water partition coefficient (Wildman–Crippen LogP) is 1.29. The third-order valence-electron chi connectivity index (χ3n) is 2.73. The Balaban J connectivity index is 2.51. The van der Waals surface area contributed by atoms with Crippen molar-refractivity contribution in [2.75, 3.05) is 14.1 Å². The van der Waals surface area contributed by atoms with Crippen LogP contribution in [0.2, 0.25) is 0 Å². The van der Waals surface area contributed by atoms with E-state index < -0.39 is 10.0 Å². The van der Waals surface area contributed by atoms with Gasteiger partial charge >= 0.3 is 0 Å². The fraction of sp³-hybridized carbons (Fsp3) is 0.154. The van der Waals surface area contributed by atoms with Gasteiger partial charge in [0.25, 0.3) is 0 Å². The van der Waals surface area contributed by atoms with Crippen molar-refractivity contribution in [2.45, 2.75) is 4.90 Å². The SMILES string of the molecule is CN(C)S(=O)(=O)c1cccc(-c2ccc(=O)[nH]c2)c1.